The average molecular weight is 363 g/mol. The molecule has 0 saturated carbocycles. The van der Waals surface area contributed by atoms with Crippen LogP contribution in [0.15, 0.2) is 85.3 Å². The number of rotatable bonds is 5. The van der Waals surface area contributed by atoms with Crippen molar-refractivity contribution in [1.82, 2.24) is 9.55 Å². The van der Waals surface area contributed by atoms with E-state index in [-0.39, 0.29) is 0 Å². The fourth-order valence-electron chi connectivity index (χ4n) is 3.29. The van der Waals surface area contributed by atoms with E-state index in [0.29, 0.717) is 5.56 Å². The van der Waals surface area contributed by atoms with Crippen molar-refractivity contribution in [2.24, 2.45) is 0 Å². The zero-order chi connectivity index (χ0) is 19.3. The molecule has 4 aromatic rings. The highest BCUT2D eigenvalue weighted by Crippen LogP contribution is 2.21. The molecule has 0 aliphatic rings. The summed E-state index contributed by atoms with van der Waals surface area (Å²) in [5.74, 6) is 0. The van der Waals surface area contributed by atoms with Gasteiger partial charge in [0.05, 0.1) is 18.0 Å². The van der Waals surface area contributed by atoms with Crippen LogP contribution >= 0.6 is 0 Å². The molecule has 0 aliphatic carbocycles. The molecule has 28 heavy (non-hydrogen) atoms. The highest BCUT2D eigenvalue weighted by atomic mass is 15.0. The number of aryl methyl sites for hydroxylation is 1. The molecule has 1 aromatic heterocycles. The third-order valence-electron chi connectivity index (χ3n) is 4.96. The zero-order valence-electron chi connectivity index (χ0n) is 15.8. The second-order valence-electron chi connectivity index (χ2n) is 7.06. The highest BCUT2D eigenvalue weighted by molar-refractivity contribution is 5.63. The van der Waals surface area contributed by atoms with Crippen LogP contribution in [0.2, 0.25) is 0 Å². The van der Waals surface area contributed by atoms with E-state index >= 15 is 0 Å². The summed E-state index contributed by atoms with van der Waals surface area (Å²) >= 11 is 0. The lowest BCUT2D eigenvalue weighted by Crippen LogP contribution is -2.04. The largest absolute Gasteiger partial charge is 0.330 e. The Morgan fingerprint density at radius 3 is 2.07 bits per heavy atom. The van der Waals surface area contributed by atoms with Gasteiger partial charge in [-0.2, -0.15) is 5.26 Å². The molecule has 0 amide bonds. The fraction of sp³-hybridized carbons (Fsp3) is 0.120. The van der Waals surface area contributed by atoms with Crippen LogP contribution in [-0.4, -0.2) is 9.55 Å². The van der Waals surface area contributed by atoms with Gasteiger partial charge in [0.15, 0.2) is 0 Å². The molecular weight excluding hydrogens is 342 g/mol. The maximum absolute atomic E-state index is 8.93. The third-order valence-corrected chi connectivity index (χ3v) is 4.96. The fourth-order valence-corrected chi connectivity index (χ4v) is 3.29. The molecule has 1 heterocycles. The van der Waals surface area contributed by atoms with Crippen molar-refractivity contribution in [3.05, 3.63) is 113 Å². The van der Waals surface area contributed by atoms with E-state index in [4.69, 9.17) is 5.26 Å². The molecule has 0 fully saturated rings. The van der Waals surface area contributed by atoms with Gasteiger partial charge in [0, 0.05) is 24.9 Å². The van der Waals surface area contributed by atoms with Crippen LogP contribution in [-0.2, 0) is 13.0 Å². The van der Waals surface area contributed by atoms with Gasteiger partial charge >= 0.3 is 0 Å². The predicted octanol–water partition coefficient (Wildman–Crippen LogP) is 5.37. The summed E-state index contributed by atoms with van der Waals surface area (Å²) in [7, 11) is 0. The standard InChI is InChI=1S/C25H21N3/c1-19-2-10-23(11-3-19)24-12-8-22(9-13-24)17-28-18-27-16-25(28)14-20-4-6-21(15-26)7-5-20/h2-13,16,18H,14,17H2,1H3. The molecule has 3 aromatic carbocycles. The molecule has 0 radical (unpaired) electrons. The average Bonchev–Trinajstić information content (AvgIpc) is 3.16. The van der Waals surface area contributed by atoms with Gasteiger partial charge in [-0.3, -0.25) is 0 Å². The SMILES string of the molecule is Cc1ccc(-c2ccc(Cn3cncc3Cc3ccc(C#N)cc3)cc2)cc1. The molecule has 0 spiro atoms. The third kappa shape index (κ3) is 4.02. The first-order valence-corrected chi connectivity index (χ1v) is 9.35. The number of hydrogen-bond acceptors (Lipinski definition) is 2. The van der Waals surface area contributed by atoms with Gasteiger partial charge in [-0.05, 0) is 41.3 Å². The van der Waals surface area contributed by atoms with Crippen LogP contribution in [0, 0.1) is 18.3 Å². The molecule has 3 heteroatoms. The molecule has 0 unspecified atom stereocenters. The summed E-state index contributed by atoms with van der Waals surface area (Å²) in [6, 6.07) is 27.2. The van der Waals surface area contributed by atoms with E-state index in [0.717, 1.165) is 18.7 Å². The quantitative estimate of drug-likeness (QED) is 0.478. The van der Waals surface area contributed by atoms with Crippen LogP contribution in [0.4, 0.5) is 0 Å². The second kappa shape index (κ2) is 7.94. The number of benzene rings is 3. The van der Waals surface area contributed by atoms with Gasteiger partial charge < -0.3 is 4.57 Å². The van der Waals surface area contributed by atoms with Crippen LogP contribution in [0.25, 0.3) is 11.1 Å². The van der Waals surface area contributed by atoms with Crippen molar-refractivity contribution in [2.45, 2.75) is 19.9 Å². The number of nitriles is 1. The van der Waals surface area contributed by atoms with Gasteiger partial charge in [-0.15, -0.1) is 0 Å². The molecule has 0 atom stereocenters. The first kappa shape index (κ1) is 17.8. The maximum Gasteiger partial charge on any atom is 0.0991 e. The van der Waals surface area contributed by atoms with Crippen molar-refractivity contribution >= 4 is 0 Å². The minimum absolute atomic E-state index is 0.686. The molecule has 136 valence electrons. The molecule has 0 N–H and O–H groups in total. The molecule has 0 aliphatic heterocycles. The van der Waals surface area contributed by atoms with E-state index in [2.05, 4.69) is 71.1 Å². The van der Waals surface area contributed by atoms with Crippen molar-refractivity contribution in [3.63, 3.8) is 0 Å². The van der Waals surface area contributed by atoms with Crippen molar-refractivity contribution in [3.8, 4) is 17.2 Å². The van der Waals surface area contributed by atoms with E-state index < -0.39 is 0 Å². The summed E-state index contributed by atoms with van der Waals surface area (Å²) in [5, 5.41) is 8.93. The van der Waals surface area contributed by atoms with Crippen LogP contribution < -0.4 is 0 Å². The minimum Gasteiger partial charge on any atom is -0.330 e. The van der Waals surface area contributed by atoms with Crippen molar-refractivity contribution < 1.29 is 0 Å². The van der Waals surface area contributed by atoms with E-state index in [1.54, 1.807) is 0 Å². The van der Waals surface area contributed by atoms with Gasteiger partial charge in [0.1, 0.15) is 0 Å². The van der Waals surface area contributed by atoms with E-state index in [1.165, 1.54) is 27.8 Å². The summed E-state index contributed by atoms with van der Waals surface area (Å²) < 4.78 is 2.18. The number of nitrogens with zero attached hydrogens (tertiary/aromatic N) is 3. The Kier molecular flexibility index (Phi) is 5.03. The normalized spacial score (nSPS) is 10.6. The van der Waals surface area contributed by atoms with Crippen LogP contribution in [0.3, 0.4) is 0 Å². The summed E-state index contributed by atoms with van der Waals surface area (Å²) in [6.45, 7) is 2.90. The Morgan fingerprint density at radius 2 is 1.43 bits per heavy atom. The Hall–Kier alpha value is -3.64. The molecule has 0 bridgehead atoms. The molecule has 0 saturated heterocycles. The topological polar surface area (TPSA) is 41.6 Å². The van der Waals surface area contributed by atoms with Gasteiger partial charge in [0.2, 0.25) is 0 Å². The number of hydrogen-bond donors (Lipinski definition) is 0. The number of imidazole rings is 1. The Balaban J connectivity index is 1.48. The Labute approximate surface area is 165 Å². The van der Waals surface area contributed by atoms with E-state index in [9.17, 15) is 0 Å². The molecule has 4 rings (SSSR count). The summed E-state index contributed by atoms with van der Waals surface area (Å²) in [4.78, 5) is 4.33. The first-order chi connectivity index (χ1) is 13.7. The monoisotopic (exact) mass is 363 g/mol. The maximum atomic E-state index is 8.93. The molecular formula is C25H21N3. The lowest BCUT2D eigenvalue weighted by Gasteiger charge is -2.10. The van der Waals surface area contributed by atoms with Gasteiger partial charge in [-0.25, -0.2) is 4.98 Å². The predicted molar refractivity (Wildman–Crippen MR) is 112 cm³/mol. The minimum atomic E-state index is 0.686. The van der Waals surface area contributed by atoms with E-state index in [1.807, 2.05) is 36.8 Å². The Bertz CT molecular complexity index is 1100. The van der Waals surface area contributed by atoms with Crippen LogP contribution in [0.1, 0.15) is 27.9 Å². The summed E-state index contributed by atoms with van der Waals surface area (Å²) in [6.07, 6.45) is 4.60. The second-order valence-corrected chi connectivity index (χ2v) is 7.06. The highest BCUT2D eigenvalue weighted by Gasteiger charge is 2.06. The molecule has 3 nitrogen and oxygen atoms in total. The van der Waals surface area contributed by atoms with Crippen molar-refractivity contribution in [2.75, 3.05) is 0 Å². The van der Waals surface area contributed by atoms with Gasteiger partial charge in [0.25, 0.3) is 0 Å². The van der Waals surface area contributed by atoms with Crippen molar-refractivity contribution in [1.29, 1.82) is 5.26 Å². The lowest BCUT2D eigenvalue weighted by molar-refractivity contribution is 0.753. The number of aromatic nitrogens is 2. The Morgan fingerprint density at radius 1 is 0.821 bits per heavy atom. The lowest BCUT2D eigenvalue weighted by atomic mass is 10.0. The first-order valence-electron chi connectivity index (χ1n) is 9.35. The zero-order valence-corrected chi connectivity index (χ0v) is 15.8. The smallest absolute Gasteiger partial charge is 0.0991 e. The summed E-state index contributed by atoms with van der Waals surface area (Å²) in [5.41, 5.74) is 8.01. The van der Waals surface area contributed by atoms with Gasteiger partial charge in [-0.1, -0.05) is 66.2 Å². The van der Waals surface area contributed by atoms with Crippen LogP contribution in [0.5, 0.6) is 0 Å².